The highest BCUT2D eigenvalue weighted by atomic mass is 35.5. The lowest BCUT2D eigenvalue weighted by atomic mass is 10.4. The van der Waals surface area contributed by atoms with Gasteiger partial charge in [-0.15, -0.1) is 0 Å². The Morgan fingerprint density at radius 1 is 1.38 bits per heavy atom. The molecule has 0 aliphatic carbocycles. The topological polar surface area (TPSA) is 37.3 Å². The van der Waals surface area contributed by atoms with Crippen molar-refractivity contribution in [2.45, 2.75) is 4.90 Å². The van der Waals surface area contributed by atoms with Gasteiger partial charge in [0.1, 0.15) is 0 Å². The smallest absolute Gasteiger partial charge is 0.328 e. The fraction of sp³-hybridized carbons (Fsp3) is 0. The average Bonchev–Trinajstić information content (AvgIpc) is 2.08. The predicted molar refractivity (Wildman–Crippen MR) is 54.1 cm³/mol. The van der Waals surface area contributed by atoms with Crippen LogP contribution >= 0.6 is 23.4 Å². The SMILES string of the molecule is O=C(O)/C=C/Sc1ccc(Cl)cc1. The van der Waals surface area contributed by atoms with Crippen molar-refractivity contribution >= 4 is 29.3 Å². The Morgan fingerprint density at radius 2 is 2.00 bits per heavy atom. The lowest BCUT2D eigenvalue weighted by Crippen LogP contribution is -1.84. The van der Waals surface area contributed by atoms with Crippen LogP contribution in [0.4, 0.5) is 0 Å². The van der Waals surface area contributed by atoms with Gasteiger partial charge in [-0.1, -0.05) is 23.4 Å². The van der Waals surface area contributed by atoms with Crippen molar-refractivity contribution in [1.29, 1.82) is 0 Å². The van der Waals surface area contributed by atoms with E-state index in [0.29, 0.717) is 5.02 Å². The summed E-state index contributed by atoms with van der Waals surface area (Å²) < 4.78 is 0. The molecule has 0 fully saturated rings. The van der Waals surface area contributed by atoms with Gasteiger partial charge < -0.3 is 5.11 Å². The van der Waals surface area contributed by atoms with Gasteiger partial charge in [0.15, 0.2) is 0 Å². The van der Waals surface area contributed by atoms with Crippen LogP contribution in [0.3, 0.4) is 0 Å². The Hall–Kier alpha value is -0.930. The normalized spacial score (nSPS) is 10.5. The summed E-state index contributed by atoms with van der Waals surface area (Å²) in [5.74, 6) is -0.943. The molecule has 0 atom stereocenters. The molecule has 4 heteroatoms. The minimum Gasteiger partial charge on any atom is -0.478 e. The van der Waals surface area contributed by atoms with Gasteiger partial charge >= 0.3 is 5.97 Å². The van der Waals surface area contributed by atoms with Crippen LogP contribution in [0.5, 0.6) is 0 Å². The van der Waals surface area contributed by atoms with Crippen LogP contribution in [0.2, 0.25) is 5.02 Å². The number of hydrogen-bond acceptors (Lipinski definition) is 2. The number of hydrogen-bond donors (Lipinski definition) is 1. The predicted octanol–water partition coefficient (Wildman–Crippen LogP) is 3.03. The van der Waals surface area contributed by atoms with Crippen molar-refractivity contribution in [3.8, 4) is 0 Å². The van der Waals surface area contributed by atoms with Crippen LogP contribution in [0.15, 0.2) is 40.6 Å². The maximum absolute atomic E-state index is 10.1. The molecule has 0 radical (unpaired) electrons. The van der Waals surface area contributed by atoms with Gasteiger partial charge in [0.05, 0.1) is 0 Å². The summed E-state index contributed by atoms with van der Waals surface area (Å²) in [5, 5.41) is 10.5. The molecule has 1 rings (SSSR count). The molecule has 1 aromatic rings. The number of thioether (sulfide) groups is 1. The molecule has 13 heavy (non-hydrogen) atoms. The van der Waals surface area contributed by atoms with Gasteiger partial charge in [0, 0.05) is 16.0 Å². The van der Waals surface area contributed by atoms with Crippen molar-refractivity contribution in [3.05, 3.63) is 40.8 Å². The highest BCUT2D eigenvalue weighted by Gasteiger charge is 1.91. The first-order valence-corrected chi connectivity index (χ1v) is 4.76. The second-order valence-corrected chi connectivity index (χ2v) is 3.63. The van der Waals surface area contributed by atoms with E-state index in [9.17, 15) is 4.79 Å². The molecular weight excluding hydrogens is 208 g/mol. The maximum Gasteiger partial charge on any atom is 0.328 e. The first-order valence-electron chi connectivity index (χ1n) is 3.50. The number of carboxylic acid groups (broad SMARTS) is 1. The van der Waals surface area contributed by atoms with Gasteiger partial charge in [0.25, 0.3) is 0 Å². The molecule has 0 heterocycles. The minimum atomic E-state index is -0.943. The molecule has 0 bridgehead atoms. The molecule has 0 saturated carbocycles. The minimum absolute atomic E-state index is 0.673. The highest BCUT2D eigenvalue weighted by Crippen LogP contribution is 2.20. The Kier molecular flexibility index (Phi) is 3.86. The van der Waals surface area contributed by atoms with Crippen LogP contribution in [-0.4, -0.2) is 11.1 Å². The van der Waals surface area contributed by atoms with Crippen molar-refractivity contribution in [2.75, 3.05) is 0 Å². The van der Waals surface area contributed by atoms with Crippen molar-refractivity contribution in [1.82, 2.24) is 0 Å². The van der Waals surface area contributed by atoms with Crippen LogP contribution in [0.1, 0.15) is 0 Å². The number of aliphatic carboxylic acids is 1. The molecule has 1 aromatic carbocycles. The summed E-state index contributed by atoms with van der Waals surface area (Å²) in [6.45, 7) is 0. The summed E-state index contributed by atoms with van der Waals surface area (Å²) in [5.41, 5.74) is 0. The largest absolute Gasteiger partial charge is 0.478 e. The Bertz CT molecular complexity index is 319. The van der Waals surface area contributed by atoms with E-state index < -0.39 is 5.97 Å². The van der Waals surface area contributed by atoms with E-state index in [1.54, 1.807) is 12.1 Å². The third-order valence-corrected chi connectivity index (χ3v) is 2.30. The molecule has 0 amide bonds. The summed E-state index contributed by atoms with van der Waals surface area (Å²) in [4.78, 5) is 11.1. The quantitative estimate of drug-likeness (QED) is 0.621. The van der Waals surface area contributed by atoms with E-state index in [2.05, 4.69) is 0 Å². The fourth-order valence-corrected chi connectivity index (χ4v) is 1.44. The number of rotatable bonds is 3. The monoisotopic (exact) mass is 214 g/mol. The van der Waals surface area contributed by atoms with Gasteiger partial charge in [0.2, 0.25) is 0 Å². The van der Waals surface area contributed by atoms with Gasteiger partial charge in [-0.3, -0.25) is 0 Å². The maximum atomic E-state index is 10.1. The van der Waals surface area contributed by atoms with E-state index in [4.69, 9.17) is 16.7 Å². The Labute approximate surface area is 85.2 Å². The molecule has 0 spiro atoms. The van der Waals surface area contributed by atoms with Gasteiger partial charge in [-0.2, -0.15) is 0 Å². The van der Waals surface area contributed by atoms with Crippen molar-refractivity contribution in [2.24, 2.45) is 0 Å². The average molecular weight is 215 g/mol. The summed E-state index contributed by atoms with van der Waals surface area (Å²) in [6.07, 6.45) is 1.10. The number of halogens is 1. The molecule has 2 nitrogen and oxygen atoms in total. The van der Waals surface area contributed by atoms with Crippen LogP contribution < -0.4 is 0 Å². The zero-order chi connectivity index (χ0) is 9.68. The number of carbonyl (C=O) groups is 1. The standard InChI is InChI=1S/C9H7ClO2S/c10-7-1-3-8(4-2-7)13-6-5-9(11)12/h1-6H,(H,11,12)/b6-5+. The lowest BCUT2D eigenvalue weighted by molar-refractivity contribution is -0.131. The fourth-order valence-electron chi connectivity index (χ4n) is 0.684. The summed E-state index contributed by atoms with van der Waals surface area (Å²) in [6, 6.07) is 7.19. The summed E-state index contributed by atoms with van der Waals surface area (Å²) in [7, 11) is 0. The second-order valence-electron chi connectivity index (χ2n) is 2.21. The van der Waals surface area contributed by atoms with E-state index >= 15 is 0 Å². The first-order chi connectivity index (χ1) is 6.18. The molecule has 0 unspecified atom stereocenters. The molecule has 68 valence electrons. The van der Waals surface area contributed by atoms with Crippen molar-refractivity contribution < 1.29 is 9.90 Å². The molecule has 0 aliphatic heterocycles. The van der Waals surface area contributed by atoms with Crippen LogP contribution in [0.25, 0.3) is 0 Å². The van der Waals surface area contributed by atoms with E-state index in [1.807, 2.05) is 12.1 Å². The third-order valence-electron chi connectivity index (χ3n) is 1.23. The molecule has 0 aromatic heterocycles. The third kappa shape index (κ3) is 4.01. The van der Waals surface area contributed by atoms with Crippen LogP contribution in [-0.2, 0) is 4.79 Å². The second kappa shape index (κ2) is 4.94. The first kappa shape index (κ1) is 10.2. The highest BCUT2D eigenvalue weighted by molar-refractivity contribution is 8.02. The van der Waals surface area contributed by atoms with Crippen molar-refractivity contribution in [3.63, 3.8) is 0 Å². The zero-order valence-corrected chi connectivity index (χ0v) is 8.18. The molecule has 0 saturated heterocycles. The van der Waals surface area contributed by atoms with E-state index in [1.165, 1.54) is 17.2 Å². The zero-order valence-electron chi connectivity index (χ0n) is 6.61. The lowest BCUT2D eigenvalue weighted by Gasteiger charge is -1.94. The molecule has 0 aliphatic rings. The van der Waals surface area contributed by atoms with E-state index in [-0.39, 0.29) is 0 Å². The summed E-state index contributed by atoms with van der Waals surface area (Å²) >= 11 is 7.01. The molecule has 1 N–H and O–H groups in total. The van der Waals surface area contributed by atoms with Crippen LogP contribution in [0, 0.1) is 0 Å². The number of benzene rings is 1. The molecular formula is C9H7ClO2S. The van der Waals surface area contributed by atoms with E-state index in [0.717, 1.165) is 11.0 Å². The van der Waals surface area contributed by atoms with Gasteiger partial charge in [-0.25, -0.2) is 4.79 Å². The number of carboxylic acids is 1. The Balaban J connectivity index is 2.55. The Morgan fingerprint density at radius 3 is 2.54 bits per heavy atom. The van der Waals surface area contributed by atoms with Gasteiger partial charge in [-0.05, 0) is 29.7 Å².